The van der Waals surface area contributed by atoms with Crippen LogP contribution >= 0.6 is 0 Å². The summed E-state index contributed by atoms with van der Waals surface area (Å²) in [5.74, 6) is 0.470. The van der Waals surface area contributed by atoms with E-state index >= 15 is 0 Å². The largest absolute Gasteiger partial charge is 0.298 e. The zero-order chi connectivity index (χ0) is 24.7. The van der Waals surface area contributed by atoms with Gasteiger partial charge in [-0.2, -0.15) is 0 Å². The number of carbonyl (C=O) groups excluding carboxylic acids is 2. The Balaban J connectivity index is 0.000000561. The Bertz CT molecular complexity index is 774. The summed E-state index contributed by atoms with van der Waals surface area (Å²) >= 11 is 0. The number of nitrogens with zero attached hydrogens (tertiary/aromatic N) is 4. The van der Waals surface area contributed by atoms with Gasteiger partial charge in [0.2, 0.25) is 0 Å². The van der Waals surface area contributed by atoms with Gasteiger partial charge in [-0.05, 0) is 63.9 Å². The van der Waals surface area contributed by atoms with Crippen molar-refractivity contribution in [2.45, 2.75) is 66.0 Å². The second kappa shape index (κ2) is 16.2. The Labute approximate surface area is 195 Å². The summed E-state index contributed by atoms with van der Waals surface area (Å²) in [5.41, 5.74) is 3.05. The maximum absolute atomic E-state index is 11.8. The first-order valence-corrected chi connectivity index (χ1v) is 11.5. The number of pyridine rings is 2. The molecule has 2 aromatic heterocycles. The van der Waals surface area contributed by atoms with Gasteiger partial charge in [0.05, 0.1) is 12.1 Å². The van der Waals surface area contributed by atoms with Crippen molar-refractivity contribution in [3.05, 3.63) is 59.7 Å². The first kappa shape index (κ1) is 29.6. The second-order valence-corrected chi connectivity index (χ2v) is 7.59. The van der Waals surface area contributed by atoms with Gasteiger partial charge < -0.3 is 0 Å². The fourth-order valence-electron chi connectivity index (χ4n) is 3.28. The molecule has 0 saturated carbocycles. The van der Waals surface area contributed by atoms with Crippen LogP contribution in [0.25, 0.3) is 0 Å². The Morgan fingerprint density at radius 1 is 0.781 bits per heavy atom. The van der Waals surface area contributed by atoms with Crippen LogP contribution in [0.15, 0.2) is 42.9 Å². The van der Waals surface area contributed by atoms with Crippen LogP contribution in [-0.4, -0.2) is 59.5 Å². The summed E-state index contributed by atoms with van der Waals surface area (Å²) in [6.07, 6.45) is 7.29. The molecular weight excluding hydrogens is 400 g/mol. The van der Waals surface area contributed by atoms with Crippen molar-refractivity contribution in [1.29, 1.82) is 0 Å². The number of carbonyl (C=O) groups is 2. The molecule has 0 aromatic carbocycles. The van der Waals surface area contributed by atoms with E-state index in [4.69, 9.17) is 0 Å². The van der Waals surface area contributed by atoms with Gasteiger partial charge in [0.15, 0.2) is 11.6 Å². The van der Waals surface area contributed by atoms with Crippen LogP contribution in [0, 0.1) is 0 Å². The maximum Gasteiger partial charge on any atom is 0.154 e. The van der Waals surface area contributed by atoms with Gasteiger partial charge in [0, 0.05) is 37.1 Å². The van der Waals surface area contributed by atoms with Crippen molar-refractivity contribution in [2.24, 2.45) is 0 Å². The third kappa shape index (κ3) is 9.37. The summed E-state index contributed by atoms with van der Waals surface area (Å²) in [6.45, 7) is 9.86. The maximum atomic E-state index is 11.8. The van der Waals surface area contributed by atoms with E-state index in [1.807, 2.05) is 96.1 Å². The first-order chi connectivity index (χ1) is 15.3. The summed E-state index contributed by atoms with van der Waals surface area (Å²) in [6, 6.07) is 7.47. The lowest BCUT2D eigenvalue weighted by molar-refractivity contribution is -0.124. The minimum atomic E-state index is -0.164. The molecule has 0 saturated heterocycles. The van der Waals surface area contributed by atoms with Gasteiger partial charge >= 0.3 is 0 Å². The highest BCUT2D eigenvalue weighted by Crippen LogP contribution is 2.20. The van der Waals surface area contributed by atoms with E-state index in [1.54, 1.807) is 12.4 Å². The van der Waals surface area contributed by atoms with Gasteiger partial charge in [-0.15, -0.1) is 0 Å². The minimum Gasteiger partial charge on any atom is -0.298 e. The second-order valence-electron chi connectivity index (χ2n) is 7.59. The fourth-order valence-corrected chi connectivity index (χ4v) is 3.28. The molecule has 2 heterocycles. The molecule has 0 amide bonds. The lowest BCUT2D eigenvalue weighted by Gasteiger charge is -2.22. The molecule has 0 aliphatic carbocycles. The number of ketones is 2. The molecule has 0 bridgehead atoms. The number of rotatable bonds is 9. The Morgan fingerprint density at radius 3 is 1.59 bits per heavy atom. The monoisotopic (exact) mass is 442 g/mol. The zero-order valence-electron chi connectivity index (χ0n) is 21.4. The fraction of sp³-hybridized carbons (Fsp3) is 0.538. The van der Waals surface area contributed by atoms with Crippen LogP contribution in [0.3, 0.4) is 0 Å². The van der Waals surface area contributed by atoms with Crippen molar-refractivity contribution < 1.29 is 9.59 Å². The highest BCUT2D eigenvalue weighted by Gasteiger charge is 2.21. The number of hydrogen-bond donors (Lipinski definition) is 0. The van der Waals surface area contributed by atoms with Crippen LogP contribution in [0.1, 0.15) is 76.4 Å². The SMILES string of the molecule is CC.CCC(=O)C(c1ccc(CC)nc1)N(C)C.CCC(=O)C(c1ccncc1)N(C)C. The molecular formula is C26H42N4O2. The lowest BCUT2D eigenvalue weighted by Crippen LogP contribution is -2.27. The highest BCUT2D eigenvalue weighted by atomic mass is 16.1. The molecule has 6 heteroatoms. The number of hydrogen-bond acceptors (Lipinski definition) is 6. The van der Waals surface area contributed by atoms with Gasteiger partial charge in [-0.3, -0.25) is 29.4 Å². The summed E-state index contributed by atoms with van der Waals surface area (Å²) in [7, 11) is 7.68. The first-order valence-electron chi connectivity index (χ1n) is 11.5. The van der Waals surface area contributed by atoms with Crippen molar-refractivity contribution in [3.8, 4) is 0 Å². The van der Waals surface area contributed by atoms with Crippen LogP contribution < -0.4 is 0 Å². The average molecular weight is 443 g/mol. The lowest BCUT2D eigenvalue weighted by atomic mass is 10.0. The smallest absolute Gasteiger partial charge is 0.154 e. The molecule has 0 N–H and O–H groups in total. The van der Waals surface area contributed by atoms with Crippen molar-refractivity contribution in [2.75, 3.05) is 28.2 Å². The molecule has 6 nitrogen and oxygen atoms in total. The Kier molecular flexibility index (Phi) is 15.0. The molecule has 0 aliphatic rings. The van der Waals surface area contributed by atoms with E-state index in [2.05, 4.69) is 16.9 Å². The minimum absolute atomic E-state index is 0.136. The van der Waals surface area contributed by atoms with Crippen LogP contribution in [0.2, 0.25) is 0 Å². The Morgan fingerprint density at radius 2 is 1.25 bits per heavy atom. The van der Waals surface area contributed by atoms with Crippen molar-refractivity contribution in [3.63, 3.8) is 0 Å². The number of likely N-dealkylation sites (N-methyl/N-ethyl adjacent to an activating group) is 2. The van der Waals surface area contributed by atoms with E-state index in [0.717, 1.165) is 23.2 Å². The highest BCUT2D eigenvalue weighted by molar-refractivity contribution is 5.85. The van der Waals surface area contributed by atoms with Gasteiger partial charge in [-0.25, -0.2) is 0 Å². The molecule has 178 valence electrons. The third-order valence-electron chi connectivity index (χ3n) is 4.89. The molecule has 2 rings (SSSR count). The average Bonchev–Trinajstić information content (AvgIpc) is 2.81. The number of aryl methyl sites for hydroxylation is 1. The van der Waals surface area contributed by atoms with E-state index < -0.39 is 0 Å². The van der Waals surface area contributed by atoms with E-state index in [1.165, 1.54) is 0 Å². The van der Waals surface area contributed by atoms with E-state index in [0.29, 0.717) is 12.8 Å². The van der Waals surface area contributed by atoms with Gasteiger partial charge in [-0.1, -0.05) is 40.7 Å². The Hall–Kier alpha value is -2.44. The predicted octanol–water partition coefficient (Wildman–Crippen LogP) is 4.92. The van der Waals surface area contributed by atoms with E-state index in [9.17, 15) is 9.59 Å². The van der Waals surface area contributed by atoms with Gasteiger partial charge in [0.1, 0.15) is 0 Å². The summed E-state index contributed by atoms with van der Waals surface area (Å²) in [4.78, 5) is 35.7. The van der Waals surface area contributed by atoms with Crippen LogP contribution in [0.5, 0.6) is 0 Å². The van der Waals surface area contributed by atoms with Crippen molar-refractivity contribution in [1.82, 2.24) is 19.8 Å². The predicted molar refractivity (Wildman–Crippen MR) is 133 cm³/mol. The third-order valence-corrected chi connectivity index (χ3v) is 4.89. The normalized spacial score (nSPS) is 12.2. The van der Waals surface area contributed by atoms with Crippen molar-refractivity contribution >= 4 is 11.6 Å². The molecule has 0 radical (unpaired) electrons. The molecule has 2 atom stereocenters. The van der Waals surface area contributed by atoms with Crippen LogP contribution in [-0.2, 0) is 16.0 Å². The number of Topliss-reactive ketones (excluding diaryl/α,β-unsaturated/α-hetero) is 2. The summed E-state index contributed by atoms with van der Waals surface area (Å²) < 4.78 is 0. The molecule has 2 unspecified atom stereocenters. The topological polar surface area (TPSA) is 66.4 Å². The summed E-state index contributed by atoms with van der Waals surface area (Å²) in [5, 5.41) is 0. The number of aromatic nitrogens is 2. The molecule has 0 fully saturated rings. The molecule has 0 aliphatic heterocycles. The van der Waals surface area contributed by atoms with E-state index in [-0.39, 0.29) is 23.7 Å². The molecule has 32 heavy (non-hydrogen) atoms. The quantitative estimate of drug-likeness (QED) is 0.549. The standard InChI is InChI=1S/C13H20N2O.C11H16N2O.C2H6/c1-5-11-8-7-10(9-14-11)13(15(3)4)12(16)6-2;1-4-10(14)11(13(2)3)9-5-7-12-8-6-9;1-2/h7-9,13H,5-6H2,1-4H3;5-8,11H,4H2,1-3H3;1-2H3. The van der Waals surface area contributed by atoms with Crippen LogP contribution in [0.4, 0.5) is 0 Å². The zero-order valence-corrected chi connectivity index (χ0v) is 21.4. The molecule has 2 aromatic rings. The molecule has 0 spiro atoms. The van der Waals surface area contributed by atoms with Gasteiger partial charge in [0.25, 0.3) is 0 Å².